The van der Waals surface area contributed by atoms with Crippen LogP contribution in [0.3, 0.4) is 0 Å². The zero-order valence-corrected chi connectivity index (χ0v) is 19.2. The summed E-state index contributed by atoms with van der Waals surface area (Å²) in [7, 11) is 0. The number of urea groups is 1. The Kier molecular flexibility index (Phi) is 7.48. The Labute approximate surface area is 200 Å². The molecule has 2 aliphatic rings. The lowest BCUT2D eigenvalue weighted by Crippen LogP contribution is -2.52. The largest absolute Gasteiger partial charge is 0.573 e. The molecular formula is C23H27F3N4O5. The highest BCUT2D eigenvalue weighted by Crippen LogP contribution is 2.37. The van der Waals surface area contributed by atoms with Gasteiger partial charge in [0.1, 0.15) is 5.75 Å². The predicted molar refractivity (Wildman–Crippen MR) is 117 cm³/mol. The van der Waals surface area contributed by atoms with E-state index in [4.69, 9.17) is 9.47 Å². The normalized spacial score (nSPS) is 21.0. The highest BCUT2D eigenvalue weighted by Gasteiger charge is 2.36. The van der Waals surface area contributed by atoms with Crippen molar-refractivity contribution in [3.63, 3.8) is 0 Å². The van der Waals surface area contributed by atoms with E-state index < -0.39 is 12.3 Å². The third-order valence-electron chi connectivity index (χ3n) is 6.11. The molecule has 2 unspecified atom stereocenters. The molecule has 1 aromatic heterocycles. The molecular weight excluding hydrogens is 469 g/mol. The smallest absolute Gasteiger partial charge is 0.461 e. The van der Waals surface area contributed by atoms with Gasteiger partial charge in [0, 0.05) is 43.7 Å². The molecule has 2 atom stereocenters. The van der Waals surface area contributed by atoms with Crippen LogP contribution in [0.5, 0.6) is 5.75 Å². The first kappa shape index (κ1) is 24.8. The van der Waals surface area contributed by atoms with Crippen LogP contribution >= 0.6 is 0 Å². The fourth-order valence-corrected chi connectivity index (χ4v) is 4.47. The maximum atomic E-state index is 13.3. The molecule has 9 nitrogen and oxygen atoms in total. The Morgan fingerprint density at radius 3 is 2.46 bits per heavy atom. The Bertz CT molecular complexity index is 1020. The number of hydrogen-bond acceptors (Lipinski definition) is 6. The van der Waals surface area contributed by atoms with E-state index in [1.807, 2.05) is 0 Å². The molecule has 2 amide bonds. The van der Waals surface area contributed by atoms with E-state index in [0.29, 0.717) is 51.5 Å². The lowest BCUT2D eigenvalue weighted by atomic mass is 9.83. The first-order valence-corrected chi connectivity index (χ1v) is 11.4. The third kappa shape index (κ3) is 6.24. The van der Waals surface area contributed by atoms with Crippen LogP contribution in [-0.4, -0.2) is 84.4 Å². The van der Waals surface area contributed by atoms with E-state index in [-0.39, 0.29) is 35.9 Å². The molecule has 2 aliphatic heterocycles. The summed E-state index contributed by atoms with van der Waals surface area (Å²) in [4.78, 5) is 28.8. The van der Waals surface area contributed by atoms with E-state index in [9.17, 15) is 22.8 Å². The summed E-state index contributed by atoms with van der Waals surface area (Å²) in [5.74, 6) is -1.15. The van der Waals surface area contributed by atoms with Gasteiger partial charge < -0.3 is 24.0 Å². The summed E-state index contributed by atoms with van der Waals surface area (Å²) < 4.78 is 51.9. The van der Waals surface area contributed by atoms with E-state index in [1.54, 1.807) is 34.9 Å². The van der Waals surface area contributed by atoms with Crippen molar-refractivity contribution in [3.05, 3.63) is 47.3 Å². The number of nitrogens with one attached hydrogen (secondary N) is 1. The first-order valence-electron chi connectivity index (χ1n) is 11.4. The standard InChI is InChI=1S/C23H27F3N4O5/c1-2-34-21(31)20-12-19(27-28-20)17-11-16(15-3-5-18(6-4-15)35-23(24,25)26)13-30(14-17)22(32)29-7-9-33-10-8-29/h3-6,12,16-17H,2,7-11,13-14H2,1H3,(H,27,28). The SMILES string of the molecule is CCOC(=O)c1cc(C2CC(c3ccc(OC(F)(F)F)cc3)CN(C(=O)N3CCOCC3)C2)[nH]n1. The van der Waals surface area contributed by atoms with Gasteiger partial charge in [-0.2, -0.15) is 5.10 Å². The molecule has 0 aliphatic carbocycles. The van der Waals surface area contributed by atoms with E-state index in [2.05, 4.69) is 14.9 Å². The van der Waals surface area contributed by atoms with Gasteiger partial charge in [-0.25, -0.2) is 9.59 Å². The molecule has 35 heavy (non-hydrogen) atoms. The van der Waals surface area contributed by atoms with Gasteiger partial charge in [0.25, 0.3) is 0 Å². The van der Waals surface area contributed by atoms with Crippen molar-refractivity contribution < 1.29 is 37.0 Å². The van der Waals surface area contributed by atoms with Crippen LogP contribution in [0.2, 0.25) is 0 Å². The molecule has 190 valence electrons. The lowest BCUT2D eigenvalue weighted by molar-refractivity contribution is -0.274. The van der Waals surface area contributed by atoms with Crippen LogP contribution in [0.4, 0.5) is 18.0 Å². The van der Waals surface area contributed by atoms with Gasteiger partial charge in [-0.15, -0.1) is 13.2 Å². The molecule has 12 heteroatoms. The maximum absolute atomic E-state index is 13.3. The number of likely N-dealkylation sites (tertiary alicyclic amines) is 1. The number of halogens is 3. The molecule has 2 fully saturated rings. The van der Waals surface area contributed by atoms with Gasteiger partial charge in [0.15, 0.2) is 5.69 Å². The number of aromatic nitrogens is 2. The number of aromatic amines is 1. The Hall–Kier alpha value is -3.28. The topological polar surface area (TPSA) is 97.0 Å². The number of rotatable bonds is 5. The van der Waals surface area contributed by atoms with Crippen LogP contribution in [0.15, 0.2) is 30.3 Å². The minimum Gasteiger partial charge on any atom is -0.461 e. The molecule has 0 spiro atoms. The fraction of sp³-hybridized carbons (Fsp3) is 0.522. The van der Waals surface area contributed by atoms with Gasteiger partial charge in [-0.05, 0) is 37.1 Å². The van der Waals surface area contributed by atoms with Crippen molar-refractivity contribution in [1.82, 2.24) is 20.0 Å². The van der Waals surface area contributed by atoms with Crippen LogP contribution in [-0.2, 0) is 9.47 Å². The number of alkyl halides is 3. The number of esters is 1. The molecule has 0 bridgehead atoms. The highest BCUT2D eigenvalue weighted by molar-refractivity contribution is 5.87. The second-order valence-corrected chi connectivity index (χ2v) is 8.46. The van der Waals surface area contributed by atoms with Gasteiger partial charge in [0.05, 0.1) is 19.8 Å². The van der Waals surface area contributed by atoms with Crippen molar-refractivity contribution in [1.29, 1.82) is 0 Å². The second-order valence-electron chi connectivity index (χ2n) is 8.46. The molecule has 1 aromatic carbocycles. The first-order chi connectivity index (χ1) is 16.7. The summed E-state index contributed by atoms with van der Waals surface area (Å²) in [6.07, 6.45) is -4.16. The second kappa shape index (κ2) is 10.5. The zero-order chi connectivity index (χ0) is 25.0. The summed E-state index contributed by atoms with van der Waals surface area (Å²) in [6.45, 7) is 4.67. The fourth-order valence-electron chi connectivity index (χ4n) is 4.47. The number of nitrogens with zero attached hydrogens (tertiary/aromatic N) is 3. The van der Waals surface area contributed by atoms with Crippen molar-refractivity contribution in [2.45, 2.75) is 31.5 Å². The average Bonchev–Trinajstić information content (AvgIpc) is 3.34. The van der Waals surface area contributed by atoms with Crippen LogP contribution in [0, 0.1) is 0 Å². The van der Waals surface area contributed by atoms with Crippen molar-refractivity contribution in [2.75, 3.05) is 46.0 Å². The number of morpholine rings is 1. The molecule has 0 saturated carbocycles. The predicted octanol–water partition coefficient (Wildman–Crippen LogP) is 3.51. The van der Waals surface area contributed by atoms with Gasteiger partial charge in [0.2, 0.25) is 0 Å². The average molecular weight is 496 g/mol. The minimum absolute atomic E-state index is 0.120. The summed E-state index contributed by atoms with van der Waals surface area (Å²) >= 11 is 0. The molecule has 1 N–H and O–H groups in total. The van der Waals surface area contributed by atoms with Gasteiger partial charge >= 0.3 is 18.4 Å². The number of piperidine rings is 1. The molecule has 3 heterocycles. The molecule has 2 saturated heterocycles. The van der Waals surface area contributed by atoms with Crippen LogP contribution in [0.1, 0.15) is 46.9 Å². The van der Waals surface area contributed by atoms with Gasteiger partial charge in [-0.3, -0.25) is 5.10 Å². The van der Waals surface area contributed by atoms with Gasteiger partial charge in [-0.1, -0.05) is 12.1 Å². The Morgan fingerprint density at radius 2 is 1.80 bits per heavy atom. The van der Waals surface area contributed by atoms with Crippen molar-refractivity contribution in [2.24, 2.45) is 0 Å². The van der Waals surface area contributed by atoms with E-state index in [1.165, 1.54) is 12.1 Å². The Balaban J connectivity index is 1.56. The summed E-state index contributed by atoms with van der Waals surface area (Å²) in [5, 5.41) is 6.95. The zero-order valence-electron chi connectivity index (χ0n) is 19.2. The summed E-state index contributed by atoms with van der Waals surface area (Å²) in [5.41, 5.74) is 1.63. The van der Waals surface area contributed by atoms with Crippen LogP contribution < -0.4 is 4.74 Å². The van der Waals surface area contributed by atoms with Crippen molar-refractivity contribution >= 4 is 12.0 Å². The number of carbonyl (C=O) groups excluding carboxylic acids is 2. The minimum atomic E-state index is -4.77. The number of H-pyrrole nitrogens is 1. The lowest BCUT2D eigenvalue weighted by Gasteiger charge is -2.41. The highest BCUT2D eigenvalue weighted by atomic mass is 19.4. The van der Waals surface area contributed by atoms with E-state index in [0.717, 1.165) is 5.56 Å². The molecule has 4 rings (SSSR count). The quantitative estimate of drug-likeness (QED) is 0.637. The number of ether oxygens (including phenoxy) is 3. The number of benzene rings is 1. The summed E-state index contributed by atoms with van der Waals surface area (Å²) in [6, 6.07) is 7.23. The number of hydrogen-bond donors (Lipinski definition) is 1. The number of amides is 2. The maximum Gasteiger partial charge on any atom is 0.573 e. The third-order valence-corrected chi connectivity index (χ3v) is 6.11. The van der Waals surface area contributed by atoms with E-state index >= 15 is 0 Å². The van der Waals surface area contributed by atoms with Crippen LogP contribution in [0.25, 0.3) is 0 Å². The van der Waals surface area contributed by atoms with Crippen molar-refractivity contribution in [3.8, 4) is 5.75 Å². The molecule has 0 radical (unpaired) electrons. The molecule has 2 aromatic rings. The Morgan fingerprint density at radius 1 is 1.11 bits per heavy atom. The number of carbonyl (C=O) groups is 2. The monoisotopic (exact) mass is 496 g/mol.